The van der Waals surface area contributed by atoms with Gasteiger partial charge in [0, 0.05) is 24.6 Å². The fourth-order valence-electron chi connectivity index (χ4n) is 2.52. The van der Waals surface area contributed by atoms with Gasteiger partial charge in [0.25, 0.3) is 5.56 Å². The molecule has 4 N–H and O–H groups in total. The molecule has 0 unspecified atom stereocenters. The Labute approximate surface area is 174 Å². The number of rotatable bonds is 7. The van der Waals surface area contributed by atoms with Crippen LogP contribution < -0.4 is 22.0 Å². The lowest BCUT2D eigenvalue weighted by atomic mass is 10.1. The topological polar surface area (TPSA) is 128 Å². The zero-order chi connectivity index (χ0) is 20.8. The van der Waals surface area contributed by atoms with Gasteiger partial charge in [-0.2, -0.15) is 0 Å². The first-order chi connectivity index (χ1) is 14.0. The summed E-state index contributed by atoms with van der Waals surface area (Å²) in [5, 5.41) is 7.16. The number of benzene rings is 1. The predicted molar refractivity (Wildman–Crippen MR) is 114 cm³/mol. The lowest BCUT2D eigenvalue weighted by Crippen LogP contribution is -2.41. The standard InChI is InChI=1S/C18H19N5O4S2/c1-27-8-7-20-17(26)21-13(24)10-29-18-22-15-14(16(25)23(18)19)12(9-28-15)11-5-3-2-4-6-11/h2-6,9H,7-8,10,19H2,1H3,(H2,20,21,24,26). The molecule has 0 bridgehead atoms. The molecule has 0 spiro atoms. The number of carbonyl (C=O) groups is 2. The fraction of sp³-hybridized carbons (Fsp3) is 0.222. The SMILES string of the molecule is COCCNC(=O)NC(=O)CSc1nc2scc(-c3ccccc3)c2c(=O)n1N. The summed E-state index contributed by atoms with van der Waals surface area (Å²) >= 11 is 2.31. The van der Waals surface area contributed by atoms with Crippen molar-refractivity contribution in [3.63, 3.8) is 0 Å². The number of aromatic nitrogens is 2. The Balaban J connectivity index is 1.73. The first kappa shape index (κ1) is 20.8. The molecular formula is C18H19N5O4S2. The number of ether oxygens (including phenoxy) is 1. The molecule has 0 aliphatic carbocycles. The minimum atomic E-state index is -0.619. The van der Waals surface area contributed by atoms with Gasteiger partial charge in [-0.1, -0.05) is 42.1 Å². The fourth-order valence-corrected chi connectivity index (χ4v) is 4.23. The zero-order valence-electron chi connectivity index (χ0n) is 15.5. The Hall–Kier alpha value is -2.89. The number of carbonyl (C=O) groups excluding carboxylic acids is 2. The number of methoxy groups -OCH3 is 1. The van der Waals surface area contributed by atoms with Crippen LogP contribution in [0.1, 0.15) is 0 Å². The van der Waals surface area contributed by atoms with Crippen LogP contribution in [0, 0.1) is 0 Å². The second-order valence-corrected chi connectivity index (χ2v) is 7.65. The number of imide groups is 1. The summed E-state index contributed by atoms with van der Waals surface area (Å²) in [7, 11) is 1.51. The van der Waals surface area contributed by atoms with Gasteiger partial charge >= 0.3 is 6.03 Å². The summed E-state index contributed by atoms with van der Waals surface area (Å²) in [5.41, 5.74) is 1.27. The van der Waals surface area contributed by atoms with Gasteiger partial charge in [0.2, 0.25) is 5.91 Å². The van der Waals surface area contributed by atoms with E-state index in [-0.39, 0.29) is 17.5 Å². The number of nitrogens with two attached hydrogens (primary N) is 1. The van der Waals surface area contributed by atoms with Gasteiger partial charge in [0.15, 0.2) is 5.16 Å². The molecule has 2 aromatic heterocycles. The monoisotopic (exact) mass is 433 g/mol. The minimum absolute atomic E-state index is 0.121. The number of thioether (sulfide) groups is 1. The van der Waals surface area contributed by atoms with Crippen molar-refractivity contribution in [3.8, 4) is 11.1 Å². The highest BCUT2D eigenvalue weighted by Crippen LogP contribution is 2.31. The summed E-state index contributed by atoms with van der Waals surface area (Å²) in [5.74, 6) is 5.27. The van der Waals surface area contributed by atoms with E-state index in [2.05, 4.69) is 15.6 Å². The normalized spacial score (nSPS) is 10.8. The third-order valence-electron chi connectivity index (χ3n) is 3.87. The van der Waals surface area contributed by atoms with Gasteiger partial charge in [-0.25, -0.2) is 14.5 Å². The Morgan fingerprint density at radius 2 is 2.07 bits per heavy atom. The molecule has 1 aromatic carbocycles. The van der Waals surface area contributed by atoms with Crippen molar-refractivity contribution in [2.24, 2.45) is 0 Å². The second kappa shape index (κ2) is 9.54. The molecule has 0 saturated heterocycles. The molecule has 11 heteroatoms. The van der Waals surface area contributed by atoms with Crippen molar-refractivity contribution in [2.75, 3.05) is 31.9 Å². The molecule has 0 fully saturated rings. The molecule has 2 heterocycles. The number of amides is 3. The maximum atomic E-state index is 12.8. The van der Waals surface area contributed by atoms with Gasteiger partial charge in [-0.15, -0.1) is 11.3 Å². The molecule has 3 aromatic rings. The molecule has 0 saturated carbocycles. The van der Waals surface area contributed by atoms with Gasteiger partial charge in [0.05, 0.1) is 17.7 Å². The van der Waals surface area contributed by atoms with Crippen molar-refractivity contribution in [2.45, 2.75) is 5.16 Å². The van der Waals surface area contributed by atoms with E-state index in [9.17, 15) is 14.4 Å². The summed E-state index contributed by atoms with van der Waals surface area (Å²) in [4.78, 5) is 41.2. The maximum absolute atomic E-state index is 12.8. The highest BCUT2D eigenvalue weighted by atomic mass is 32.2. The van der Waals surface area contributed by atoms with E-state index in [1.54, 1.807) is 0 Å². The van der Waals surface area contributed by atoms with Crippen molar-refractivity contribution in [1.82, 2.24) is 20.3 Å². The van der Waals surface area contributed by atoms with E-state index in [0.29, 0.717) is 16.8 Å². The predicted octanol–water partition coefficient (Wildman–Crippen LogP) is 1.40. The van der Waals surface area contributed by atoms with Crippen molar-refractivity contribution >= 4 is 45.3 Å². The third-order valence-corrected chi connectivity index (χ3v) is 5.69. The molecule has 0 aliphatic rings. The Bertz CT molecular complexity index is 1080. The Morgan fingerprint density at radius 3 is 2.79 bits per heavy atom. The van der Waals surface area contributed by atoms with Crippen molar-refractivity contribution in [1.29, 1.82) is 0 Å². The van der Waals surface area contributed by atoms with Crippen LogP contribution in [-0.4, -0.2) is 47.6 Å². The first-order valence-electron chi connectivity index (χ1n) is 8.55. The van der Waals surface area contributed by atoms with Crippen LogP contribution in [0.15, 0.2) is 45.7 Å². The number of hydrogen-bond acceptors (Lipinski definition) is 8. The molecule has 0 aliphatic heterocycles. The van der Waals surface area contributed by atoms with E-state index in [0.717, 1.165) is 27.6 Å². The molecule has 29 heavy (non-hydrogen) atoms. The van der Waals surface area contributed by atoms with E-state index >= 15 is 0 Å². The molecule has 9 nitrogen and oxygen atoms in total. The molecule has 152 valence electrons. The number of nitrogens with one attached hydrogen (secondary N) is 2. The second-order valence-electron chi connectivity index (χ2n) is 5.85. The largest absolute Gasteiger partial charge is 0.383 e. The van der Waals surface area contributed by atoms with Crippen molar-refractivity contribution < 1.29 is 14.3 Å². The van der Waals surface area contributed by atoms with E-state index in [1.165, 1.54) is 18.4 Å². The summed E-state index contributed by atoms with van der Waals surface area (Å²) < 4.78 is 5.74. The number of nitrogen functional groups attached to an aromatic ring is 1. The molecule has 3 rings (SSSR count). The van der Waals surface area contributed by atoms with Gasteiger partial charge in [0.1, 0.15) is 4.83 Å². The van der Waals surface area contributed by atoms with Crippen molar-refractivity contribution in [3.05, 3.63) is 46.1 Å². The summed E-state index contributed by atoms with van der Waals surface area (Å²) in [6, 6.07) is 8.88. The number of fused-ring (bicyclic) bond motifs is 1. The van der Waals surface area contributed by atoms with E-state index < -0.39 is 17.5 Å². The summed E-state index contributed by atoms with van der Waals surface area (Å²) in [6.45, 7) is 0.622. The average Bonchev–Trinajstić information content (AvgIpc) is 3.14. The number of urea groups is 1. The highest BCUT2D eigenvalue weighted by molar-refractivity contribution is 7.99. The van der Waals surface area contributed by atoms with Crippen LogP contribution in [0.4, 0.5) is 4.79 Å². The molecule has 3 amide bonds. The van der Waals surface area contributed by atoms with Crippen LogP contribution in [0.3, 0.4) is 0 Å². The van der Waals surface area contributed by atoms with E-state index in [1.807, 2.05) is 35.7 Å². The van der Waals surface area contributed by atoms with Gasteiger partial charge in [-0.3, -0.25) is 14.9 Å². The van der Waals surface area contributed by atoms with Gasteiger partial charge in [-0.05, 0) is 5.56 Å². The van der Waals surface area contributed by atoms with Crippen LogP contribution in [-0.2, 0) is 9.53 Å². The molecular weight excluding hydrogens is 414 g/mol. The average molecular weight is 434 g/mol. The Morgan fingerprint density at radius 1 is 1.31 bits per heavy atom. The molecule has 0 atom stereocenters. The number of nitrogens with zero attached hydrogens (tertiary/aromatic N) is 2. The first-order valence-corrected chi connectivity index (χ1v) is 10.4. The lowest BCUT2D eigenvalue weighted by Gasteiger charge is -2.08. The zero-order valence-corrected chi connectivity index (χ0v) is 17.1. The highest BCUT2D eigenvalue weighted by Gasteiger charge is 2.17. The van der Waals surface area contributed by atoms with Crippen LogP contribution in [0.25, 0.3) is 21.3 Å². The minimum Gasteiger partial charge on any atom is -0.383 e. The van der Waals surface area contributed by atoms with Crippen LogP contribution in [0.2, 0.25) is 0 Å². The lowest BCUT2D eigenvalue weighted by molar-refractivity contribution is -0.117. The van der Waals surface area contributed by atoms with Crippen LogP contribution >= 0.6 is 23.1 Å². The smallest absolute Gasteiger partial charge is 0.321 e. The summed E-state index contributed by atoms with van der Waals surface area (Å²) in [6.07, 6.45) is 0. The quantitative estimate of drug-likeness (QED) is 0.222. The molecule has 0 radical (unpaired) electrons. The van der Waals surface area contributed by atoms with Gasteiger partial charge < -0.3 is 15.9 Å². The number of hydrogen-bond donors (Lipinski definition) is 3. The van der Waals surface area contributed by atoms with Crippen LogP contribution in [0.5, 0.6) is 0 Å². The Kier molecular flexibility index (Phi) is 6.86. The van der Waals surface area contributed by atoms with E-state index in [4.69, 9.17) is 10.6 Å². The maximum Gasteiger partial charge on any atom is 0.321 e. The number of thiophene rings is 1. The third kappa shape index (κ3) is 4.94.